The van der Waals surface area contributed by atoms with Crippen molar-refractivity contribution < 1.29 is 5.11 Å². The van der Waals surface area contributed by atoms with E-state index in [4.69, 9.17) is 5.11 Å². The van der Waals surface area contributed by atoms with E-state index in [2.05, 4.69) is 20.8 Å². The van der Waals surface area contributed by atoms with Crippen LogP contribution in [0.3, 0.4) is 0 Å². The van der Waals surface area contributed by atoms with Gasteiger partial charge in [-0.3, -0.25) is 0 Å². The molecule has 0 aromatic carbocycles. The van der Waals surface area contributed by atoms with Crippen LogP contribution in [-0.4, -0.2) is 41.3 Å². The van der Waals surface area contributed by atoms with E-state index in [9.17, 15) is 0 Å². The van der Waals surface area contributed by atoms with Gasteiger partial charge >= 0.3 is 0 Å². The van der Waals surface area contributed by atoms with Gasteiger partial charge in [0, 0.05) is 36.2 Å². The van der Waals surface area contributed by atoms with Crippen molar-refractivity contribution in [2.45, 2.75) is 46.5 Å². The Kier molecular flexibility index (Phi) is 12.9. The fraction of sp³-hybridized carbons (Fsp3) is 1.00. The Morgan fingerprint density at radius 1 is 1.00 bits per heavy atom. The molecule has 0 saturated carbocycles. The molecule has 1 atom stereocenters. The molecular weight excluding hydrogens is 159 g/mol. The van der Waals surface area contributed by atoms with Crippen molar-refractivity contribution in [2.24, 2.45) is 11.8 Å². The zero-order chi connectivity index (χ0) is 8.69. The largest absolute Gasteiger partial charge is 0.396 e. The first-order valence-electron chi connectivity index (χ1n) is 4.77. The molecule has 1 unspecified atom stereocenters. The van der Waals surface area contributed by atoms with Gasteiger partial charge in [-0.2, -0.15) is 0 Å². The normalized spacial score (nSPS) is 12.8. The minimum absolute atomic E-state index is 0. The third kappa shape index (κ3) is 11.0. The molecule has 0 aliphatic rings. The summed E-state index contributed by atoms with van der Waals surface area (Å²) < 4.78 is 0. The molecule has 1 N–H and O–H groups in total. The Morgan fingerprint density at radius 2 is 1.58 bits per heavy atom. The van der Waals surface area contributed by atoms with E-state index in [1.807, 2.05) is 0 Å². The van der Waals surface area contributed by atoms with Crippen LogP contribution in [0.2, 0.25) is 0 Å². The van der Waals surface area contributed by atoms with Crippen LogP contribution < -0.4 is 0 Å². The van der Waals surface area contributed by atoms with E-state index in [0.29, 0.717) is 12.5 Å². The predicted octanol–water partition coefficient (Wildman–Crippen LogP) is 2.45. The average molecular weight is 181 g/mol. The summed E-state index contributed by atoms with van der Waals surface area (Å²) in [7, 11) is 0. The van der Waals surface area contributed by atoms with E-state index < -0.39 is 0 Å². The second-order valence-electron chi connectivity index (χ2n) is 3.94. The van der Waals surface area contributed by atoms with Gasteiger partial charge in [-0.05, 0) is 18.3 Å². The molecule has 0 heterocycles. The van der Waals surface area contributed by atoms with Crippen LogP contribution in [0.15, 0.2) is 0 Å². The Morgan fingerprint density at radius 3 is 2.00 bits per heavy atom. The number of rotatable bonds is 6. The van der Waals surface area contributed by atoms with Gasteiger partial charge in [0.1, 0.15) is 0 Å². The van der Waals surface area contributed by atoms with E-state index in [0.717, 1.165) is 12.3 Å². The molecule has 0 aliphatic heterocycles. The predicted molar refractivity (Wildman–Crippen MR) is 55.3 cm³/mol. The van der Waals surface area contributed by atoms with Gasteiger partial charge in [0.15, 0.2) is 0 Å². The monoisotopic (exact) mass is 181 g/mol. The molecule has 0 fully saturated rings. The fourth-order valence-corrected chi connectivity index (χ4v) is 1.24. The molecular formula is C10H22NaO. The molecule has 0 rings (SSSR count). The molecule has 1 radical (unpaired) electrons. The molecule has 1 nitrogen and oxygen atoms in total. The molecule has 0 bridgehead atoms. The van der Waals surface area contributed by atoms with Crippen molar-refractivity contribution in [1.29, 1.82) is 0 Å². The minimum atomic E-state index is 0. The van der Waals surface area contributed by atoms with Crippen LogP contribution >= 0.6 is 0 Å². The van der Waals surface area contributed by atoms with Gasteiger partial charge in [0.25, 0.3) is 0 Å². The molecule has 0 aliphatic carbocycles. The van der Waals surface area contributed by atoms with E-state index in [1.54, 1.807) is 0 Å². The number of aliphatic hydroxyl groups is 1. The maximum absolute atomic E-state index is 8.65. The third-order valence-corrected chi connectivity index (χ3v) is 2.10. The summed E-state index contributed by atoms with van der Waals surface area (Å²) in [6.07, 6.45) is 4.89. The Bertz CT molecular complexity index is 83.9. The van der Waals surface area contributed by atoms with Crippen molar-refractivity contribution in [3.8, 4) is 0 Å². The van der Waals surface area contributed by atoms with E-state index in [-0.39, 0.29) is 29.6 Å². The molecule has 69 valence electrons. The third-order valence-electron chi connectivity index (χ3n) is 2.10. The van der Waals surface area contributed by atoms with Crippen molar-refractivity contribution >= 4 is 29.6 Å². The summed E-state index contributed by atoms with van der Waals surface area (Å²) in [6, 6.07) is 0. The van der Waals surface area contributed by atoms with Crippen molar-refractivity contribution in [3.63, 3.8) is 0 Å². The van der Waals surface area contributed by atoms with Crippen LogP contribution in [0.25, 0.3) is 0 Å². The molecule has 0 aromatic heterocycles. The quantitative estimate of drug-likeness (QED) is 0.624. The SMILES string of the molecule is CC(C)CCCC(C)CCO.[Na]. The topological polar surface area (TPSA) is 20.2 Å². The molecule has 0 aromatic rings. The second kappa shape index (κ2) is 10.0. The zero-order valence-corrected chi connectivity index (χ0v) is 11.1. The zero-order valence-electron chi connectivity index (χ0n) is 9.14. The van der Waals surface area contributed by atoms with Crippen LogP contribution in [0.1, 0.15) is 46.5 Å². The smallest absolute Gasteiger partial charge is 0.0433 e. The molecule has 0 spiro atoms. The minimum Gasteiger partial charge on any atom is -0.396 e. The summed E-state index contributed by atoms with van der Waals surface area (Å²) >= 11 is 0. The van der Waals surface area contributed by atoms with Crippen molar-refractivity contribution in [2.75, 3.05) is 6.61 Å². The summed E-state index contributed by atoms with van der Waals surface area (Å²) in [5, 5.41) is 8.65. The number of hydrogen-bond donors (Lipinski definition) is 1. The van der Waals surface area contributed by atoms with E-state index in [1.165, 1.54) is 19.3 Å². The average Bonchev–Trinajstić information content (AvgIpc) is 1.87. The number of aliphatic hydroxyl groups excluding tert-OH is 1. The maximum atomic E-state index is 8.65. The first-order valence-corrected chi connectivity index (χ1v) is 4.77. The van der Waals surface area contributed by atoms with Crippen LogP contribution in [0, 0.1) is 11.8 Å². The van der Waals surface area contributed by atoms with Gasteiger partial charge in [-0.15, -0.1) is 0 Å². The molecule has 0 amide bonds. The summed E-state index contributed by atoms with van der Waals surface area (Å²) in [5.74, 6) is 1.54. The van der Waals surface area contributed by atoms with Crippen LogP contribution in [0.4, 0.5) is 0 Å². The van der Waals surface area contributed by atoms with Crippen molar-refractivity contribution in [3.05, 3.63) is 0 Å². The summed E-state index contributed by atoms with van der Waals surface area (Å²) in [5.41, 5.74) is 0. The molecule has 0 saturated heterocycles. The Balaban J connectivity index is 0. The van der Waals surface area contributed by atoms with E-state index >= 15 is 0 Å². The second-order valence-corrected chi connectivity index (χ2v) is 3.94. The van der Waals surface area contributed by atoms with Gasteiger partial charge < -0.3 is 5.11 Å². The summed E-state index contributed by atoms with van der Waals surface area (Å²) in [4.78, 5) is 0. The van der Waals surface area contributed by atoms with Crippen LogP contribution in [0.5, 0.6) is 0 Å². The standard InChI is InChI=1S/C10H22O.Na/c1-9(2)5-4-6-10(3)7-8-11;/h9-11H,4-8H2,1-3H3;. The molecule has 2 heteroatoms. The van der Waals surface area contributed by atoms with Gasteiger partial charge in [0.2, 0.25) is 0 Å². The Labute approximate surface area is 99.2 Å². The first-order chi connectivity index (χ1) is 5.16. The summed E-state index contributed by atoms with van der Waals surface area (Å²) in [6.45, 7) is 7.09. The maximum Gasteiger partial charge on any atom is 0.0433 e. The van der Waals surface area contributed by atoms with Gasteiger partial charge in [0.05, 0.1) is 0 Å². The van der Waals surface area contributed by atoms with Crippen LogP contribution in [-0.2, 0) is 0 Å². The van der Waals surface area contributed by atoms with Gasteiger partial charge in [-0.25, -0.2) is 0 Å². The molecule has 12 heavy (non-hydrogen) atoms. The fourth-order valence-electron chi connectivity index (χ4n) is 1.24. The van der Waals surface area contributed by atoms with Crippen molar-refractivity contribution in [1.82, 2.24) is 0 Å². The van der Waals surface area contributed by atoms with Gasteiger partial charge in [-0.1, -0.05) is 40.0 Å². The Hall–Kier alpha value is 0.960. The first kappa shape index (κ1) is 15.4. The number of hydrogen-bond acceptors (Lipinski definition) is 1.